The van der Waals surface area contributed by atoms with Gasteiger partial charge < -0.3 is 5.73 Å². The highest BCUT2D eigenvalue weighted by atomic mass is 19.3. The summed E-state index contributed by atoms with van der Waals surface area (Å²) in [4.78, 5) is 10.8. The zero-order valence-corrected chi connectivity index (χ0v) is 6.84. The fourth-order valence-corrected chi connectivity index (χ4v) is 1.10. The van der Waals surface area contributed by atoms with Crippen LogP contribution < -0.4 is 5.73 Å². The molecular weight excluding hydrogens is 176 g/mol. The van der Waals surface area contributed by atoms with E-state index in [1.54, 1.807) is 12.1 Å². The second-order valence-electron chi connectivity index (χ2n) is 2.62. The fourth-order valence-electron chi connectivity index (χ4n) is 1.10. The number of nitrogens with two attached hydrogens (primary N) is 1. The van der Waals surface area contributed by atoms with Gasteiger partial charge in [0, 0.05) is 12.0 Å². The average Bonchev–Trinajstić information content (AvgIpc) is 2.03. The molecule has 0 spiro atoms. The molecule has 2 nitrogen and oxygen atoms in total. The molecule has 13 heavy (non-hydrogen) atoms. The summed E-state index contributed by atoms with van der Waals surface area (Å²) in [7, 11) is 0. The zero-order valence-electron chi connectivity index (χ0n) is 6.84. The van der Waals surface area contributed by atoms with Gasteiger partial charge in [-0.05, 0) is 11.6 Å². The molecule has 0 aliphatic rings. The lowest BCUT2D eigenvalue weighted by atomic mass is 10.0. The third-order valence-corrected chi connectivity index (χ3v) is 1.66. The maximum atomic E-state index is 12.0. The number of hydrogen-bond donors (Lipinski definition) is 1. The summed E-state index contributed by atoms with van der Waals surface area (Å²) in [6.45, 7) is 0. The summed E-state index contributed by atoms with van der Waals surface area (Å²) in [6.07, 6.45) is -2.89. The van der Waals surface area contributed by atoms with E-state index in [4.69, 9.17) is 5.73 Å². The second kappa shape index (κ2) is 3.98. The van der Waals surface area contributed by atoms with E-state index in [1.165, 1.54) is 12.1 Å². The van der Waals surface area contributed by atoms with Crippen LogP contribution in [-0.4, -0.2) is 12.3 Å². The van der Waals surface area contributed by atoms with Crippen molar-refractivity contribution in [2.45, 2.75) is 12.8 Å². The smallest absolute Gasteiger partial charge is 0.248 e. The molecule has 0 bridgehead atoms. The maximum absolute atomic E-state index is 12.0. The van der Waals surface area contributed by atoms with Crippen LogP contribution in [0.1, 0.15) is 15.9 Å². The van der Waals surface area contributed by atoms with E-state index in [0.29, 0.717) is 5.56 Å². The van der Waals surface area contributed by atoms with Crippen LogP contribution in [0.2, 0.25) is 0 Å². The molecule has 0 saturated heterocycles. The molecule has 2 N–H and O–H groups in total. The van der Waals surface area contributed by atoms with E-state index in [-0.39, 0.29) is 5.56 Å². The summed E-state index contributed by atoms with van der Waals surface area (Å²) in [5.74, 6) is -0.670. The van der Waals surface area contributed by atoms with Crippen LogP contribution in [0, 0.1) is 0 Å². The van der Waals surface area contributed by atoms with Crippen LogP contribution in [0.3, 0.4) is 0 Å². The lowest BCUT2D eigenvalue weighted by Gasteiger charge is -2.04. The van der Waals surface area contributed by atoms with Gasteiger partial charge in [0.25, 0.3) is 0 Å². The van der Waals surface area contributed by atoms with Crippen molar-refractivity contribution < 1.29 is 13.6 Å². The number of carbonyl (C=O) groups is 1. The van der Waals surface area contributed by atoms with Crippen LogP contribution in [-0.2, 0) is 6.42 Å². The first kappa shape index (κ1) is 9.64. The van der Waals surface area contributed by atoms with Crippen LogP contribution in [0.4, 0.5) is 8.78 Å². The number of rotatable bonds is 3. The number of carbonyl (C=O) groups excluding carboxylic acids is 1. The lowest BCUT2D eigenvalue weighted by Crippen LogP contribution is -2.14. The molecule has 70 valence electrons. The average molecular weight is 185 g/mol. The molecular formula is C9H9F2NO. The zero-order chi connectivity index (χ0) is 9.84. The molecule has 4 heteroatoms. The van der Waals surface area contributed by atoms with Gasteiger partial charge in [-0.25, -0.2) is 8.78 Å². The maximum Gasteiger partial charge on any atom is 0.248 e. The number of benzene rings is 1. The van der Waals surface area contributed by atoms with Crippen LogP contribution in [0.25, 0.3) is 0 Å². The number of hydrogen-bond acceptors (Lipinski definition) is 1. The molecule has 1 rings (SSSR count). The molecule has 0 heterocycles. The molecule has 0 aliphatic heterocycles. The highest BCUT2D eigenvalue weighted by Gasteiger charge is 2.11. The molecule has 0 saturated carbocycles. The van der Waals surface area contributed by atoms with Gasteiger partial charge in [-0.15, -0.1) is 0 Å². The summed E-state index contributed by atoms with van der Waals surface area (Å²) in [6, 6.07) is 6.12. The van der Waals surface area contributed by atoms with Crippen molar-refractivity contribution in [2.75, 3.05) is 0 Å². The Kier molecular flexibility index (Phi) is 2.95. The largest absolute Gasteiger partial charge is 0.366 e. The minimum absolute atomic E-state index is 0.169. The van der Waals surface area contributed by atoms with Gasteiger partial charge in [0.05, 0.1) is 0 Å². The minimum atomic E-state index is -2.46. The Morgan fingerprint density at radius 1 is 1.38 bits per heavy atom. The lowest BCUT2D eigenvalue weighted by molar-refractivity contribution is 0.0997. The monoisotopic (exact) mass is 185 g/mol. The first-order valence-corrected chi connectivity index (χ1v) is 3.77. The highest BCUT2D eigenvalue weighted by Crippen LogP contribution is 2.12. The number of alkyl halides is 2. The van der Waals surface area contributed by atoms with Gasteiger partial charge in [0.2, 0.25) is 12.3 Å². The van der Waals surface area contributed by atoms with Crippen LogP contribution >= 0.6 is 0 Å². The van der Waals surface area contributed by atoms with Crippen LogP contribution in [0.15, 0.2) is 24.3 Å². The molecule has 1 amide bonds. The Morgan fingerprint density at radius 3 is 2.54 bits per heavy atom. The predicted molar refractivity (Wildman–Crippen MR) is 44.7 cm³/mol. The molecule has 1 aromatic carbocycles. The summed E-state index contributed by atoms with van der Waals surface area (Å²) in [5, 5.41) is 0. The Balaban J connectivity index is 2.98. The third-order valence-electron chi connectivity index (χ3n) is 1.66. The minimum Gasteiger partial charge on any atom is -0.366 e. The highest BCUT2D eigenvalue weighted by molar-refractivity contribution is 5.94. The molecule has 0 unspecified atom stereocenters. The van der Waals surface area contributed by atoms with Crippen molar-refractivity contribution in [2.24, 2.45) is 5.73 Å². The fraction of sp³-hybridized carbons (Fsp3) is 0.222. The second-order valence-corrected chi connectivity index (χ2v) is 2.62. The van der Waals surface area contributed by atoms with Crippen LogP contribution in [0.5, 0.6) is 0 Å². The number of amides is 1. The van der Waals surface area contributed by atoms with Crippen molar-refractivity contribution >= 4 is 5.91 Å². The standard InChI is InChI=1S/C9H9F2NO/c10-8(11)5-6-3-1-2-4-7(6)9(12)13/h1-4,8H,5H2,(H2,12,13). The van der Waals surface area contributed by atoms with Crippen molar-refractivity contribution in [3.63, 3.8) is 0 Å². The topological polar surface area (TPSA) is 43.1 Å². The molecule has 0 aromatic heterocycles. The Bertz CT molecular complexity index is 312. The first-order chi connectivity index (χ1) is 6.11. The molecule has 1 aromatic rings. The predicted octanol–water partition coefficient (Wildman–Crippen LogP) is 1.59. The van der Waals surface area contributed by atoms with E-state index >= 15 is 0 Å². The van der Waals surface area contributed by atoms with E-state index in [2.05, 4.69) is 0 Å². The normalized spacial score (nSPS) is 10.4. The molecule has 0 radical (unpaired) electrons. The summed E-state index contributed by atoms with van der Waals surface area (Å²) >= 11 is 0. The third kappa shape index (κ3) is 2.50. The SMILES string of the molecule is NC(=O)c1ccccc1CC(F)F. The van der Waals surface area contributed by atoms with Crippen molar-refractivity contribution in [3.05, 3.63) is 35.4 Å². The number of halogens is 2. The Morgan fingerprint density at radius 2 is 2.00 bits per heavy atom. The van der Waals surface area contributed by atoms with Gasteiger partial charge >= 0.3 is 0 Å². The first-order valence-electron chi connectivity index (χ1n) is 3.77. The molecule has 0 aliphatic carbocycles. The Hall–Kier alpha value is -1.45. The van der Waals surface area contributed by atoms with E-state index < -0.39 is 18.8 Å². The van der Waals surface area contributed by atoms with E-state index in [1.807, 2.05) is 0 Å². The Labute approximate surface area is 74.4 Å². The van der Waals surface area contributed by atoms with Gasteiger partial charge in [0.15, 0.2) is 0 Å². The van der Waals surface area contributed by atoms with Gasteiger partial charge in [-0.3, -0.25) is 4.79 Å². The molecule has 0 atom stereocenters. The van der Waals surface area contributed by atoms with Gasteiger partial charge in [-0.1, -0.05) is 18.2 Å². The van der Waals surface area contributed by atoms with Crippen molar-refractivity contribution in [1.82, 2.24) is 0 Å². The van der Waals surface area contributed by atoms with Crippen molar-refractivity contribution in [3.8, 4) is 0 Å². The van der Waals surface area contributed by atoms with E-state index in [0.717, 1.165) is 0 Å². The molecule has 0 fully saturated rings. The van der Waals surface area contributed by atoms with Gasteiger partial charge in [0.1, 0.15) is 0 Å². The quantitative estimate of drug-likeness (QED) is 0.763. The van der Waals surface area contributed by atoms with Crippen molar-refractivity contribution in [1.29, 1.82) is 0 Å². The number of primary amides is 1. The van der Waals surface area contributed by atoms with E-state index in [9.17, 15) is 13.6 Å². The van der Waals surface area contributed by atoms with Gasteiger partial charge in [-0.2, -0.15) is 0 Å². The summed E-state index contributed by atoms with van der Waals surface area (Å²) < 4.78 is 24.0. The summed E-state index contributed by atoms with van der Waals surface area (Å²) in [5.41, 5.74) is 5.47.